The summed E-state index contributed by atoms with van der Waals surface area (Å²) in [5, 5.41) is 7.58. The van der Waals surface area contributed by atoms with Crippen molar-refractivity contribution in [1.29, 1.82) is 0 Å². The van der Waals surface area contributed by atoms with Crippen LogP contribution in [-0.2, 0) is 4.74 Å². The van der Waals surface area contributed by atoms with Crippen molar-refractivity contribution in [1.82, 2.24) is 19.3 Å². The molecule has 0 aliphatic carbocycles. The van der Waals surface area contributed by atoms with Crippen LogP contribution in [0.5, 0.6) is 0 Å². The molecular formula is C13H21N5O. The number of anilines is 2. The highest BCUT2D eigenvalue weighted by Crippen LogP contribution is 2.19. The van der Waals surface area contributed by atoms with Crippen LogP contribution in [0.3, 0.4) is 0 Å². The maximum atomic E-state index is 5.18. The minimum Gasteiger partial charge on any atom is -0.383 e. The van der Waals surface area contributed by atoms with Crippen LogP contribution >= 0.6 is 0 Å². The third-order valence-electron chi connectivity index (χ3n) is 2.94. The highest BCUT2D eigenvalue weighted by molar-refractivity contribution is 5.51. The van der Waals surface area contributed by atoms with Gasteiger partial charge in [-0.2, -0.15) is 5.10 Å². The summed E-state index contributed by atoms with van der Waals surface area (Å²) in [4.78, 5) is 4.33. The molecule has 0 spiro atoms. The molecule has 0 saturated heterocycles. The lowest BCUT2D eigenvalue weighted by molar-refractivity contribution is 0.163. The molecule has 104 valence electrons. The van der Waals surface area contributed by atoms with Crippen molar-refractivity contribution in [2.24, 2.45) is 0 Å². The van der Waals surface area contributed by atoms with E-state index in [-0.39, 0.29) is 6.04 Å². The zero-order valence-electron chi connectivity index (χ0n) is 11.9. The average Bonchev–Trinajstić information content (AvgIpc) is 2.99. The molecule has 1 unspecified atom stereocenters. The molecule has 0 aliphatic heterocycles. The first-order valence-corrected chi connectivity index (χ1v) is 6.44. The summed E-state index contributed by atoms with van der Waals surface area (Å²) in [6, 6.07) is 0.581. The van der Waals surface area contributed by atoms with E-state index < -0.39 is 0 Å². The Kier molecular flexibility index (Phi) is 4.21. The van der Waals surface area contributed by atoms with Crippen LogP contribution in [0.4, 0.5) is 11.6 Å². The first kappa shape index (κ1) is 13.6. The lowest BCUT2D eigenvalue weighted by Crippen LogP contribution is -2.12. The Morgan fingerprint density at radius 1 is 1.37 bits per heavy atom. The molecule has 19 heavy (non-hydrogen) atoms. The van der Waals surface area contributed by atoms with Gasteiger partial charge in [0, 0.05) is 31.7 Å². The monoisotopic (exact) mass is 263 g/mol. The van der Waals surface area contributed by atoms with Crippen molar-refractivity contribution in [2.45, 2.75) is 32.9 Å². The molecule has 2 aromatic rings. The second kappa shape index (κ2) is 5.88. The zero-order chi connectivity index (χ0) is 13.8. The van der Waals surface area contributed by atoms with Gasteiger partial charge >= 0.3 is 0 Å². The molecule has 0 aliphatic rings. The molecule has 0 radical (unpaired) electrons. The Hall–Kier alpha value is -1.82. The second-order valence-corrected chi connectivity index (χ2v) is 4.89. The van der Waals surface area contributed by atoms with Gasteiger partial charge < -0.3 is 14.6 Å². The lowest BCUT2D eigenvalue weighted by atomic mass is 10.3. The third-order valence-corrected chi connectivity index (χ3v) is 2.94. The molecule has 1 N–H and O–H groups in total. The Morgan fingerprint density at radius 2 is 2.16 bits per heavy atom. The van der Waals surface area contributed by atoms with E-state index in [0.717, 1.165) is 11.6 Å². The van der Waals surface area contributed by atoms with Gasteiger partial charge in [-0.05, 0) is 20.8 Å². The number of methoxy groups -OCH3 is 1. The highest BCUT2D eigenvalue weighted by Gasteiger charge is 2.11. The molecule has 1 atom stereocenters. The maximum absolute atomic E-state index is 5.18. The smallest absolute Gasteiger partial charge is 0.207 e. The van der Waals surface area contributed by atoms with Gasteiger partial charge in [-0.15, -0.1) is 0 Å². The summed E-state index contributed by atoms with van der Waals surface area (Å²) in [6.07, 6.45) is 7.50. The first-order chi connectivity index (χ1) is 9.11. The van der Waals surface area contributed by atoms with Gasteiger partial charge in [-0.25, -0.2) is 4.98 Å². The molecule has 2 heterocycles. The number of nitrogens with zero attached hydrogens (tertiary/aromatic N) is 4. The highest BCUT2D eigenvalue weighted by atomic mass is 16.5. The lowest BCUT2D eigenvalue weighted by Gasteiger charge is -2.15. The molecular weight excluding hydrogens is 242 g/mol. The van der Waals surface area contributed by atoms with Crippen LogP contribution in [0.25, 0.3) is 0 Å². The van der Waals surface area contributed by atoms with E-state index >= 15 is 0 Å². The SMILES string of the molecule is COCC(C)n1ccnc1Nc1cnn(C(C)C)c1. The predicted octanol–water partition coefficient (Wildman–Crippen LogP) is 2.61. The molecule has 6 nitrogen and oxygen atoms in total. The van der Waals surface area contributed by atoms with Gasteiger partial charge in [-0.3, -0.25) is 4.68 Å². The fourth-order valence-corrected chi connectivity index (χ4v) is 1.90. The molecule has 2 aromatic heterocycles. The topological polar surface area (TPSA) is 56.9 Å². The maximum Gasteiger partial charge on any atom is 0.207 e. The summed E-state index contributed by atoms with van der Waals surface area (Å²) < 4.78 is 9.14. The third kappa shape index (κ3) is 3.14. The van der Waals surface area contributed by atoms with Crippen LogP contribution in [0, 0.1) is 0 Å². The summed E-state index contributed by atoms with van der Waals surface area (Å²) in [6.45, 7) is 6.93. The fourth-order valence-electron chi connectivity index (χ4n) is 1.90. The van der Waals surface area contributed by atoms with E-state index in [2.05, 4.69) is 40.7 Å². The van der Waals surface area contributed by atoms with E-state index in [4.69, 9.17) is 4.74 Å². The first-order valence-electron chi connectivity index (χ1n) is 6.44. The van der Waals surface area contributed by atoms with Crippen LogP contribution in [-0.4, -0.2) is 33.0 Å². The molecule has 0 bridgehead atoms. The molecule has 0 saturated carbocycles. The minimum atomic E-state index is 0.232. The van der Waals surface area contributed by atoms with Crippen molar-refractivity contribution in [2.75, 3.05) is 19.0 Å². The van der Waals surface area contributed by atoms with Crippen molar-refractivity contribution in [3.05, 3.63) is 24.8 Å². The van der Waals surface area contributed by atoms with Gasteiger partial charge in [-0.1, -0.05) is 0 Å². The molecule has 6 heteroatoms. The van der Waals surface area contributed by atoms with Gasteiger partial charge in [0.1, 0.15) is 0 Å². The Balaban J connectivity index is 2.12. The van der Waals surface area contributed by atoms with E-state index in [1.54, 1.807) is 19.5 Å². The minimum absolute atomic E-state index is 0.232. The van der Waals surface area contributed by atoms with Gasteiger partial charge in [0.05, 0.1) is 24.5 Å². The summed E-state index contributed by atoms with van der Waals surface area (Å²) in [7, 11) is 1.70. The van der Waals surface area contributed by atoms with E-state index in [0.29, 0.717) is 12.6 Å². The number of aromatic nitrogens is 4. The molecule has 0 amide bonds. The van der Waals surface area contributed by atoms with Crippen LogP contribution in [0.1, 0.15) is 32.9 Å². The van der Waals surface area contributed by atoms with Crippen molar-refractivity contribution < 1.29 is 4.74 Å². The van der Waals surface area contributed by atoms with E-state index in [9.17, 15) is 0 Å². The van der Waals surface area contributed by atoms with E-state index in [1.165, 1.54) is 0 Å². The quantitative estimate of drug-likeness (QED) is 0.870. The van der Waals surface area contributed by atoms with Crippen molar-refractivity contribution in [3.63, 3.8) is 0 Å². The van der Waals surface area contributed by atoms with Crippen LogP contribution in [0.2, 0.25) is 0 Å². The number of hydrogen-bond acceptors (Lipinski definition) is 4. The van der Waals surface area contributed by atoms with Crippen molar-refractivity contribution in [3.8, 4) is 0 Å². The largest absolute Gasteiger partial charge is 0.383 e. The summed E-state index contributed by atoms with van der Waals surface area (Å²) in [5.74, 6) is 0.799. The van der Waals surface area contributed by atoms with E-state index in [1.807, 2.05) is 17.1 Å². The Labute approximate surface area is 113 Å². The van der Waals surface area contributed by atoms with Gasteiger partial charge in [0.2, 0.25) is 5.95 Å². The molecule has 0 fully saturated rings. The average molecular weight is 263 g/mol. The standard InChI is InChI=1S/C13H21N5O/c1-10(2)18-8-12(7-15-18)16-13-14-5-6-17(13)11(3)9-19-4/h5-8,10-11H,9H2,1-4H3,(H,14,16). The zero-order valence-corrected chi connectivity index (χ0v) is 11.9. The van der Waals surface area contributed by atoms with Crippen LogP contribution in [0.15, 0.2) is 24.8 Å². The van der Waals surface area contributed by atoms with Crippen molar-refractivity contribution >= 4 is 11.6 Å². The second-order valence-electron chi connectivity index (χ2n) is 4.89. The number of ether oxygens (including phenoxy) is 1. The summed E-state index contributed by atoms with van der Waals surface area (Å²) in [5.41, 5.74) is 0.936. The fraction of sp³-hybridized carbons (Fsp3) is 0.538. The molecule has 0 aromatic carbocycles. The van der Waals surface area contributed by atoms with Gasteiger partial charge in [0.25, 0.3) is 0 Å². The number of hydrogen-bond donors (Lipinski definition) is 1. The number of nitrogens with one attached hydrogen (secondary N) is 1. The Morgan fingerprint density at radius 3 is 2.79 bits per heavy atom. The van der Waals surface area contributed by atoms with Crippen LogP contribution < -0.4 is 5.32 Å². The number of imidazole rings is 1. The van der Waals surface area contributed by atoms with Gasteiger partial charge in [0.15, 0.2) is 0 Å². The predicted molar refractivity (Wildman–Crippen MR) is 74.7 cm³/mol. The molecule has 2 rings (SSSR count). The Bertz CT molecular complexity index is 517. The summed E-state index contributed by atoms with van der Waals surface area (Å²) >= 11 is 0. The number of rotatable bonds is 6. The normalized spacial score (nSPS) is 12.9.